The van der Waals surface area contributed by atoms with Crippen LogP contribution < -0.4 is 20.7 Å². The van der Waals surface area contributed by atoms with Crippen LogP contribution in [0.2, 0.25) is 5.02 Å². The third-order valence-electron chi connectivity index (χ3n) is 3.69. The van der Waals surface area contributed by atoms with Gasteiger partial charge in [0.05, 0.1) is 29.3 Å². The highest BCUT2D eigenvalue weighted by atomic mass is 35.5. The second kappa shape index (κ2) is 10.9. The summed E-state index contributed by atoms with van der Waals surface area (Å²) >= 11 is 5.95. The number of hydrogen-bond acceptors (Lipinski definition) is 4. The standard InChI is InChI=1S/C20H22ClN3O4/c1-2-28-17-10-6-4-8-15(17)20(27)24-13-18(25)22-11-12-23-19(26)14-7-3-5-9-16(14)21/h3-10H,2,11-13H2,1H3,(H,22,25)(H,23,26)(H,24,27). The fraction of sp³-hybridized carbons (Fsp3) is 0.250. The van der Waals surface area contributed by atoms with Crippen LogP contribution in [0.15, 0.2) is 48.5 Å². The first-order valence-electron chi connectivity index (χ1n) is 8.82. The van der Waals surface area contributed by atoms with Crippen LogP contribution in [-0.2, 0) is 4.79 Å². The Balaban J connectivity index is 1.71. The summed E-state index contributed by atoms with van der Waals surface area (Å²) in [6.45, 7) is 2.53. The molecular weight excluding hydrogens is 382 g/mol. The van der Waals surface area contributed by atoms with Gasteiger partial charge >= 0.3 is 0 Å². The maximum atomic E-state index is 12.2. The Morgan fingerprint density at radius 1 is 0.857 bits per heavy atom. The van der Waals surface area contributed by atoms with Gasteiger partial charge in [-0.05, 0) is 31.2 Å². The van der Waals surface area contributed by atoms with Crippen molar-refractivity contribution in [1.82, 2.24) is 16.0 Å². The van der Waals surface area contributed by atoms with Gasteiger partial charge in [0.2, 0.25) is 5.91 Å². The van der Waals surface area contributed by atoms with Gasteiger partial charge in [-0.3, -0.25) is 14.4 Å². The fourth-order valence-electron chi connectivity index (χ4n) is 2.37. The fourth-order valence-corrected chi connectivity index (χ4v) is 2.59. The van der Waals surface area contributed by atoms with Crippen molar-refractivity contribution in [2.75, 3.05) is 26.2 Å². The predicted octanol–water partition coefficient (Wildman–Crippen LogP) is 2.01. The molecule has 0 fully saturated rings. The zero-order chi connectivity index (χ0) is 20.4. The summed E-state index contributed by atoms with van der Waals surface area (Å²) in [5.41, 5.74) is 0.736. The lowest BCUT2D eigenvalue weighted by Crippen LogP contribution is -2.40. The van der Waals surface area contributed by atoms with E-state index in [0.717, 1.165) is 0 Å². The SMILES string of the molecule is CCOc1ccccc1C(=O)NCC(=O)NCCNC(=O)c1ccccc1Cl. The zero-order valence-electron chi connectivity index (χ0n) is 15.5. The summed E-state index contributed by atoms with van der Waals surface area (Å²) in [6.07, 6.45) is 0. The average molecular weight is 404 g/mol. The molecule has 2 aromatic rings. The molecule has 0 saturated heterocycles. The molecule has 3 N–H and O–H groups in total. The number of rotatable bonds is 9. The smallest absolute Gasteiger partial charge is 0.255 e. The van der Waals surface area contributed by atoms with Crippen molar-refractivity contribution in [3.05, 3.63) is 64.7 Å². The highest BCUT2D eigenvalue weighted by Crippen LogP contribution is 2.17. The second-order valence-electron chi connectivity index (χ2n) is 5.70. The lowest BCUT2D eigenvalue weighted by Gasteiger charge is -2.11. The van der Waals surface area contributed by atoms with Gasteiger partial charge in [0.15, 0.2) is 0 Å². The van der Waals surface area contributed by atoms with Crippen LogP contribution >= 0.6 is 11.6 Å². The maximum absolute atomic E-state index is 12.2. The van der Waals surface area contributed by atoms with Gasteiger partial charge < -0.3 is 20.7 Å². The first-order valence-corrected chi connectivity index (χ1v) is 9.20. The molecule has 2 aromatic carbocycles. The largest absolute Gasteiger partial charge is 0.493 e. The van der Waals surface area contributed by atoms with Crippen molar-refractivity contribution in [3.63, 3.8) is 0 Å². The number of halogens is 1. The molecule has 28 heavy (non-hydrogen) atoms. The Kier molecular flexibility index (Phi) is 8.30. The summed E-state index contributed by atoms with van der Waals surface area (Å²) in [5.74, 6) is -0.619. The van der Waals surface area contributed by atoms with Gasteiger partial charge in [-0.15, -0.1) is 0 Å². The van der Waals surface area contributed by atoms with Crippen LogP contribution in [0, 0.1) is 0 Å². The van der Waals surface area contributed by atoms with E-state index in [1.165, 1.54) is 0 Å². The van der Waals surface area contributed by atoms with Crippen LogP contribution in [0.4, 0.5) is 0 Å². The minimum atomic E-state index is -0.397. The molecule has 0 aliphatic carbocycles. The Morgan fingerprint density at radius 3 is 2.18 bits per heavy atom. The van der Waals surface area contributed by atoms with Crippen LogP contribution in [0.5, 0.6) is 5.75 Å². The van der Waals surface area contributed by atoms with E-state index < -0.39 is 5.91 Å². The molecule has 2 rings (SSSR count). The first kappa shape index (κ1) is 21.2. The van der Waals surface area contributed by atoms with Gasteiger partial charge in [0.1, 0.15) is 5.75 Å². The molecule has 0 aliphatic rings. The van der Waals surface area contributed by atoms with Crippen molar-refractivity contribution >= 4 is 29.3 Å². The number of benzene rings is 2. The van der Waals surface area contributed by atoms with E-state index in [9.17, 15) is 14.4 Å². The van der Waals surface area contributed by atoms with E-state index in [4.69, 9.17) is 16.3 Å². The molecule has 7 nitrogen and oxygen atoms in total. The van der Waals surface area contributed by atoms with E-state index in [1.54, 1.807) is 48.5 Å². The first-order chi connectivity index (χ1) is 13.5. The summed E-state index contributed by atoms with van der Waals surface area (Å²) in [5, 5.41) is 8.19. The molecule has 0 aromatic heterocycles. The number of nitrogens with one attached hydrogen (secondary N) is 3. The van der Waals surface area contributed by atoms with Crippen molar-refractivity contribution in [2.24, 2.45) is 0 Å². The number of amides is 3. The molecule has 0 unspecified atom stereocenters. The molecule has 0 aliphatic heterocycles. The summed E-state index contributed by atoms with van der Waals surface area (Å²) in [6, 6.07) is 13.5. The van der Waals surface area contributed by atoms with Gasteiger partial charge in [0.25, 0.3) is 11.8 Å². The highest BCUT2D eigenvalue weighted by Gasteiger charge is 2.13. The van der Waals surface area contributed by atoms with E-state index in [0.29, 0.717) is 28.5 Å². The van der Waals surface area contributed by atoms with Gasteiger partial charge in [-0.25, -0.2) is 0 Å². The zero-order valence-corrected chi connectivity index (χ0v) is 16.2. The van der Waals surface area contributed by atoms with Crippen molar-refractivity contribution in [3.8, 4) is 5.75 Å². The summed E-state index contributed by atoms with van der Waals surface area (Å²) < 4.78 is 5.40. The van der Waals surface area contributed by atoms with E-state index in [-0.39, 0.29) is 31.4 Å². The molecular formula is C20H22ClN3O4. The maximum Gasteiger partial charge on any atom is 0.255 e. The topological polar surface area (TPSA) is 96.5 Å². The highest BCUT2D eigenvalue weighted by molar-refractivity contribution is 6.33. The van der Waals surface area contributed by atoms with Gasteiger partial charge in [-0.2, -0.15) is 0 Å². The third-order valence-corrected chi connectivity index (χ3v) is 4.02. The summed E-state index contributed by atoms with van der Waals surface area (Å²) in [7, 11) is 0. The summed E-state index contributed by atoms with van der Waals surface area (Å²) in [4.78, 5) is 36.1. The quantitative estimate of drug-likeness (QED) is 0.558. The molecule has 8 heteroatoms. The van der Waals surface area contributed by atoms with Crippen LogP contribution in [0.25, 0.3) is 0 Å². The van der Waals surface area contributed by atoms with E-state index >= 15 is 0 Å². The molecule has 0 saturated carbocycles. The van der Waals surface area contributed by atoms with Crippen molar-refractivity contribution in [2.45, 2.75) is 6.92 Å². The normalized spacial score (nSPS) is 10.1. The molecule has 3 amide bonds. The van der Waals surface area contributed by atoms with Crippen LogP contribution in [0.1, 0.15) is 27.6 Å². The Morgan fingerprint density at radius 2 is 1.46 bits per heavy atom. The predicted molar refractivity (Wildman–Crippen MR) is 107 cm³/mol. The lowest BCUT2D eigenvalue weighted by atomic mass is 10.2. The average Bonchev–Trinajstić information content (AvgIpc) is 2.70. The van der Waals surface area contributed by atoms with Gasteiger partial charge in [-0.1, -0.05) is 35.9 Å². The van der Waals surface area contributed by atoms with Crippen LogP contribution in [-0.4, -0.2) is 44.0 Å². The Hall–Kier alpha value is -3.06. The molecule has 0 atom stereocenters. The van der Waals surface area contributed by atoms with E-state index in [1.807, 2.05) is 6.92 Å². The lowest BCUT2D eigenvalue weighted by molar-refractivity contribution is -0.120. The number of para-hydroxylation sites is 1. The molecule has 0 spiro atoms. The monoisotopic (exact) mass is 403 g/mol. The van der Waals surface area contributed by atoms with Crippen molar-refractivity contribution < 1.29 is 19.1 Å². The Bertz CT molecular complexity index is 842. The molecule has 148 valence electrons. The number of ether oxygens (including phenoxy) is 1. The number of carbonyl (C=O) groups excluding carboxylic acids is 3. The minimum absolute atomic E-state index is 0.183. The number of hydrogen-bond donors (Lipinski definition) is 3. The van der Waals surface area contributed by atoms with Gasteiger partial charge in [0, 0.05) is 13.1 Å². The third kappa shape index (κ3) is 6.28. The number of carbonyl (C=O) groups is 3. The van der Waals surface area contributed by atoms with Crippen LogP contribution in [0.3, 0.4) is 0 Å². The molecule has 0 heterocycles. The van der Waals surface area contributed by atoms with E-state index in [2.05, 4.69) is 16.0 Å². The van der Waals surface area contributed by atoms with Crippen molar-refractivity contribution in [1.29, 1.82) is 0 Å². The molecule has 0 bridgehead atoms. The molecule has 0 radical (unpaired) electrons. The minimum Gasteiger partial charge on any atom is -0.493 e. The Labute approximate surface area is 168 Å². The second-order valence-corrected chi connectivity index (χ2v) is 6.10.